The zero-order valence-corrected chi connectivity index (χ0v) is 21.1. The molecule has 0 radical (unpaired) electrons. The van der Waals surface area contributed by atoms with Gasteiger partial charge in [-0.05, 0) is 73.1 Å². The summed E-state index contributed by atoms with van der Waals surface area (Å²) in [6, 6.07) is 19.9. The zero-order chi connectivity index (χ0) is 24.5. The molecule has 9 heteroatoms. The molecule has 0 fully saturated rings. The first-order valence-corrected chi connectivity index (χ1v) is 12.7. The normalized spacial score (nSPS) is 16.4. The Morgan fingerprint density at radius 1 is 1.11 bits per heavy atom. The smallest absolute Gasteiger partial charge is 0.283 e. The summed E-state index contributed by atoms with van der Waals surface area (Å²) in [6.07, 6.45) is 1.74. The van der Waals surface area contributed by atoms with Crippen molar-refractivity contribution in [3.8, 4) is 11.4 Å². The van der Waals surface area contributed by atoms with Gasteiger partial charge in [0.2, 0.25) is 5.17 Å². The summed E-state index contributed by atoms with van der Waals surface area (Å²) < 4.78 is 8.14. The van der Waals surface area contributed by atoms with Crippen molar-refractivity contribution in [3.63, 3.8) is 0 Å². The van der Waals surface area contributed by atoms with E-state index in [4.69, 9.17) is 10.1 Å². The molecule has 2 aliphatic heterocycles. The molecule has 2 aliphatic rings. The van der Waals surface area contributed by atoms with Crippen molar-refractivity contribution in [2.75, 3.05) is 7.11 Å². The third-order valence-electron chi connectivity index (χ3n) is 5.74. The Balaban J connectivity index is 1.40. The lowest BCUT2D eigenvalue weighted by molar-refractivity contribution is -0.114. The Kier molecular flexibility index (Phi) is 6.36. The van der Waals surface area contributed by atoms with Gasteiger partial charge in [-0.25, -0.2) is 0 Å². The number of benzene rings is 2. The van der Waals surface area contributed by atoms with Crippen LogP contribution in [0.5, 0.6) is 5.75 Å². The fraction of sp³-hybridized carbons (Fsp3) is 0.154. The minimum atomic E-state index is -0.424. The Hall–Kier alpha value is -3.56. The number of fused-ring (bicyclic) bond motifs is 1. The molecule has 0 spiro atoms. The van der Waals surface area contributed by atoms with Crippen LogP contribution in [0, 0.1) is 19.3 Å². The lowest BCUT2D eigenvalue weighted by Gasteiger charge is -2.20. The number of hydrogen-bond acceptors (Lipinski definition) is 6. The summed E-state index contributed by atoms with van der Waals surface area (Å²) in [5, 5.41) is 15.1. The van der Waals surface area contributed by atoms with Crippen molar-refractivity contribution in [2.24, 2.45) is 10.1 Å². The standard InChI is InChI=1S/C26H23N5O2S2/c1-16-13-19(17(2)30(16)20-9-11-21(33-3)12-10-20)14-22-23(27)31-25(28-24(22)32)35-26(29-31)34-15-18-7-5-4-6-8-18/h4-14,27H,15H2,1-3H3. The molecule has 3 heterocycles. The predicted molar refractivity (Wildman–Crippen MR) is 145 cm³/mol. The number of rotatable bonds is 5. The van der Waals surface area contributed by atoms with Crippen LogP contribution < -0.4 is 4.74 Å². The van der Waals surface area contributed by atoms with Gasteiger partial charge >= 0.3 is 0 Å². The van der Waals surface area contributed by atoms with E-state index < -0.39 is 5.91 Å². The van der Waals surface area contributed by atoms with Gasteiger partial charge in [0.1, 0.15) is 5.75 Å². The number of hydrazone groups is 1. The zero-order valence-electron chi connectivity index (χ0n) is 19.5. The number of ether oxygens (including phenoxy) is 1. The van der Waals surface area contributed by atoms with Crippen molar-refractivity contribution in [1.82, 2.24) is 9.58 Å². The number of aromatic nitrogens is 1. The second kappa shape index (κ2) is 9.59. The van der Waals surface area contributed by atoms with E-state index in [1.165, 1.54) is 22.3 Å². The number of carbonyl (C=O) groups excluding carboxylic acids is 1. The van der Waals surface area contributed by atoms with Gasteiger partial charge in [0.25, 0.3) is 5.91 Å². The number of amides is 1. The summed E-state index contributed by atoms with van der Waals surface area (Å²) in [5.41, 5.74) is 5.26. The maximum absolute atomic E-state index is 12.9. The molecule has 176 valence electrons. The quantitative estimate of drug-likeness (QED) is 0.459. The van der Waals surface area contributed by atoms with Crippen molar-refractivity contribution >= 4 is 50.9 Å². The molecule has 3 aromatic rings. The lowest BCUT2D eigenvalue weighted by atomic mass is 10.1. The molecule has 1 N–H and O–H groups in total. The number of aryl methyl sites for hydroxylation is 1. The summed E-state index contributed by atoms with van der Waals surface area (Å²) in [7, 11) is 1.64. The van der Waals surface area contributed by atoms with E-state index in [0.717, 1.165) is 38.5 Å². The third-order valence-corrected chi connectivity index (χ3v) is 7.85. The van der Waals surface area contributed by atoms with E-state index in [1.54, 1.807) is 24.9 Å². The van der Waals surface area contributed by atoms with Gasteiger partial charge in [-0.2, -0.15) is 10.0 Å². The van der Waals surface area contributed by atoms with Crippen LogP contribution >= 0.6 is 23.5 Å². The van der Waals surface area contributed by atoms with E-state index in [0.29, 0.717) is 5.17 Å². The molecule has 5 rings (SSSR count). The van der Waals surface area contributed by atoms with Crippen LogP contribution in [-0.4, -0.2) is 38.0 Å². The average molecular weight is 502 g/mol. The third kappa shape index (κ3) is 4.56. The summed E-state index contributed by atoms with van der Waals surface area (Å²) in [4.78, 5) is 17.1. The maximum Gasteiger partial charge on any atom is 0.283 e. The second-order valence-electron chi connectivity index (χ2n) is 8.02. The van der Waals surface area contributed by atoms with Gasteiger partial charge in [-0.15, -0.1) is 5.10 Å². The largest absolute Gasteiger partial charge is 0.497 e. The van der Waals surface area contributed by atoms with Gasteiger partial charge in [0.05, 0.1) is 12.7 Å². The molecule has 0 aliphatic carbocycles. The number of methoxy groups -OCH3 is 1. The lowest BCUT2D eigenvalue weighted by Crippen LogP contribution is -2.35. The number of thioether (sulfide) groups is 2. The molecule has 1 amide bonds. The van der Waals surface area contributed by atoms with Crippen LogP contribution in [0.15, 0.2) is 76.3 Å². The van der Waals surface area contributed by atoms with Crippen LogP contribution in [-0.2, 0) is 10.5 Å². The van der Waals surface area contributed by atoms with E-state index in [1.807, 2.05) is 62.4 Å². The van der Waals surface area contributed by atoms with Crippen LogP contribution in [0.2, 0.25) is 0 Å². The Morgan fingerprint density at radius 3 is 2.57 bits per heavy atom. The SMILES string of the molecule is COc1ccc(-n2c(C)cc(C=C3C(=N)N4N=C(SCc5ccccc5)SC4=NC3=O)c2C)cc1. The highest BCUT2D eigenvalue weighted by molar-refractivity contribution is 8.45. The molecule has 7 nitrogen and oxygen atoms in total. The van der Waals surface area contributed by atoms with Crippen molar-refractivity contribution < 1.29 is 9.53 Å². The van der Waals surface area contributed by atoms with E-state index in [-0.39, 0.29) is 11.4 Å². The van der Waals surface area contributed by atoms with Crippen LogP contribution in [0.4, 0.5) is 0 Å². The number of carbonyl (C=O) groups is 1. The molecular formula is C26H23N5O2S2. The fourth-order valence-electron chi connectivity index (χ4n) is 3.97. The monoisotopic (exact) mass is 501 g/mol. The molecule has 2 aromatic carbocycles. The molecular weight excluding hydrogens is 478 g/mol. The van der Waals surface area contributed by atoms with Gasteiger partial charge in [0, 0.05) is 22.8 Å². The van der Waals surface area contributed by atoms with Crippen molar-refractivity contribution in [1.29, 1.82) is 5.41 Å². The molecule has 0 atom stereocenters. The van der Waals surface area contributed by atoms with Gasteiger partial charge in [0.15, 0.2) is 10.2 Å². The van der Waals surface area contributed by atoms with Crippen LogP contribution in [0.25, 0.3) is 11.8 Å². The highest BCUT2D eigenvalue weighted by Gasteiger charge is 2.36. The minimum Gasteiger partial charge on any atom is -0.497 e. The molecule has 0 saturated carbocycles. The molecule has 1 aromatic heterocycles. The Labute approximate surface area is 212 Å². The minimum absolute atomic E-state index is 0.0389. The second-order valence-corrected chi connectivity index (χ2v) is 10.2. The van der Waals surface area contributed by atoms with Gasteiger partial charge in [-0.3, -0.25) is 10.2 Å². The fourth-order valence-corrected chi connectivity index (χ4v) is 5.85. The first-order valence-electron chi connectivity index (χ1n) is 10.9. The van der Waals surface area contributed by atoms with Gasteiger partial charge < -0.3 is 9.30 Å². The number of hydrogen-bond donors (Lipinski definition) is 1. The van der Waals surface area contributed by atoms with Gasteiger partial charge in [-0.1, -0.05) is 42.1 Å². The highest BCUT2D eigenvalue weighted by Crippen LogP contribution is 2.34. The van der Waals surface area contributed by atoms with Crippen LogP contribution in [0.1, 0.15) is 22.5 Å². The summed E-state index contributed by atoms with van der Waals surface area (Å²) in [5.74, 6) is 1.16. The number of nitrogens with one attached hydrogen (secondary N) is 1. The van der Waals surface area contributed by atoms with Crippen molar-refractivity contribution in [3.05, 3.63) is 88.8 Å². The summed E-state index contributed by atoms with van der Waals surface area (Å²) in [6.45, 7) is 4.01. The first kappa shape index (κ1) is 23.2. The maximum atomic E-state index is 12.9. The molecule has 35 heavy (non-hydrogen) atoms. The number of amidine groups is 2. The van der Waals surface area contributed by atoms with Crippen LogP contribution in [0.3, 0.4) is 0 Å². The average Bonchev–Trinajstić information content (AvgIpc) is 3.40. The first-order chi connectivity index (χ1) is 16.9. The summed E-state index contributed by atoms with van der Waals surface area (Å²) >= 11 is 2.90. The predicted octanol–water partition coefficient (Wildman–Crippen LogP) is 5.61. The molecule has 0 bridgehead atoms. The van der Waals surface area contributed by atoms with Crippen molar-refractivity contribution in [2.45, 2.75) is 19.6 Å². The number of nitrogens with zero attached hydrogens (tertiary/aromatic N) is 4. The van der Waals surface area contributed by atoms with E-state index >= 15 is 0 Å². The van der Waals surface area contributed by atoms with E-state index in [2.05, 4.69) is 26.8 Å². The molecule has 0 unspecified atom stereocenters. The molecule has 0 saturated heterocycles. The number of aliphatic imine (C=N–C) groups is 1. The Morgan fingerprint density at radius 2 is 1.86 bits per heavy atom. The highest BCUT2D eigenvalue weighted by atomic mass is 32.2. The van der Waals surface area contributed by atoms with E-state index in [9.17, 15) is 4.79 Å². The Bertz CT molecular complexity index is 1410. The topological polar surface area (TPSA) is 83.0 Å².